The van der Waals surface area contributed by atoms with Gasteiger partial charge in [0.1, 0.15) is 5.75 Å². The maximum Gasteiger partial charge on any atom is 0.116 e. The minimum Gasteiger partial charge on any atom is -0.508 e. The molecule has 0 saturated carbocycles. The SMILES string of the molecule is Oc1ccc2[nH]cc(C3=N/C(=C\c4[nH]c(-c5c[nH]c6ccccc56)cc4-c4c[nH]c5ccccc45)C(c4c[nH]c5ccccc45)=C3)c2c1. The molecule has 6 N–H and O–H groups in total. The Morgan fingerprint density at radius 2 is 1.08 bits per heavy atom. The van der Waals surface area contributed by atoms with E-state index in [2.05, 4.69) is 122 Å². The first-order valence-corrected chi connectivity index (χ1v) is 15.9. The zero-order valence-electron chi connectivity index (χ0n) is 25.6. The summed E-state index contributed by atoms with van der Waals surface area (Å²) in [6, 6.07) is 32.7. The Labute approximate surface area is 274 Å². The Morgan fingerprint density at radius 3 is 1.79 bits per heavy atom. The van der Waals surface area contributed by atoms with Crippen molar-refractivity contribution in [2.75, 3.05) is 0 Å². The lowest BCUT2D eigenvalue weighted by Crippen LogP contribution is -1.91. The molecule has 0 radical (unpaired) electrons. The molecule has 10 rings (SSSR count). The Hall–Kier alpha value is -6.73. The number of phenols is 1. The van der Waals surface area contributed by atoms with Gasteiger partial charge in [0.25, 0.3) is 0 Å². The van der Waals surface area contributed by atoms with E-state index >= 15 is 0 Å². The third kappa shape index (κ3) is 4.04. The van der Waals surface area contributed by atoms with Crippen LogP contribution >= 0.6 is 0 Å². The molecular weight excluding hydrogens is 592 g/mol. The maximum atomic E-state index is 10.3. The van der Waals surface area contributed by atoms with Crippen molar-refractivity contribution in [3.8, 4) is 28.1 Å². The lowest BCUT2D eigenvalue weighted by Gasteiger charge is -2.05. The van der Waals surface area contributed by atoms with E-state index in [9.17, 15) is 5.11 Å². The number of para-hydroxylation sites is 3. The van der Waals surface area contributed by atoms with Gasteiger partial charge in [-0.1, -0.05) is 54.6 Å². The largest absolute Gasteiger partial charge is 0.508 e. The van der Waals surface area contributed by atoms with Crippen molar-refractivity contribution in [3.05, 3.63) is 150 Å². The highest BCUT2D eigenvalue weighted by atomic mass is 16.3. The molecule has 48 heavy (non-hydrogen) atoms. The molecule has 0 spiro atoms. The third-order valence-electron chi connectivity index (χ3n) is 9.51. The molecule has 4 aromatic carbocycles. The van der Waals surface area contributed by atoms with Crippen molar-refractivity contribution in [1.29, 1.82) is 0 Å². The summed E-state index contributed by atoms with van der Waals surface area (Å²) < 4.78 is 0. The van der Waals surface area contributed by atoms with Gasteiger partial charge in [0.05, 0.1) is 11.4 Å². The highest BCUT2D eigenvalue weighted by Crippen LogP contribution is 2.41. The predicted octanol–water partition coefficient (Wildman–Crippen LogP) is 9.91. The van der Waals surface area contributed by atoms with E-state index in [1.165, 1.54) is 0 Å². The van der Waals surface area contributed by atoms with Crippen molar-refractivity contribution < 1.29 is 5.11 Å². The minimum atomic E-state index is 0.220. The first kappa shape index (κ1) is 26.5. The number of aromatic hydroxyl groups is 1. The molecule has 0 saturated heterocycles. The van der Waals surface area contributed by atoms with E-state index in [1.54, 1.807) is 12.1 Å². The Balaban J connectivity index is 1.21. The molecule has 5 aromatic heterocycles. The van der Waals surface area contributed by atoms with Crippen LogP contribution in [0.1, 0.15) is 16.8 Å². The minimum absolute atomic E-state index is 0.220. The van der Waals surface area contributed by atoms with Crippen LogP contribution in [0.15, 0.2) is 139 Å². The molecule has 0 fully saturated rings. The second-order valence-corrected chi connectivity index (χ2v) is 12.3. The van der Waals surface area contributed by atoms with Crippen LogP contribution < -0.4 is 0 Å². The molecule has 0 atom stereocenters. The number of phenolic OH excluding ortho intramolecular Hbond substituents is 1. The van der Waals surface area contributed by atoms with Gasteiger partial charge in [-0.05, 0) is 54.6 Å². The topological polar surface area (TPSA) is 112 Å². The summed E-state index contributed by atoms with van der Waals surface area (Å²) in [6.45, 7) is 0. The molecule has 0 bridgehead atoms. The van der Waals surface area contributed by atoms with Gasteiger partial charge in [-0.15, -0.1) is 0 Å². The zero-order chi connectivity index (χ0) is 31.8. The molecule has 7 nitrogen and oxygen atoms in total. The maximum absolute atomic E-state index is 10.3. The van der Waals surface area contributed by atoms with Crippen LogP contribution in [0.3, 0.4) is 0 Å². The summed E-state index contributed by atoms with van der Waals surface area (Å²) in [6.07, 6.45) is 12.5. The van der Waals surface area contributed by atoms with E-state index < -0.39 is 0 Å². The van der Waals surface area contributed by atoms with E-state index in [4.69, 9.17) is 4.99 Å². The molecule has 1 aliphatic rings. The lowest BCUT2D eigenvalue weighted by atomic mass is 9.99. The summed E-state index contributed by atoms with van der Waals surface area (Å²) in [4.78, 5) is 22.8. The van der Waals surface area contributed by atoms with E-state index in [0.717, 1.165) is 99.8 Å². The summed E-state index contributed by atoms with van der Waals surface area (Å²) in [5.41, 5.74) is 14.2. The first-order chi connectivity index (χ1) is 23.7. The fourth-order valence-corrected chi connectivity index (χ4v) is 7.19. The monoisotopic (exact) mass is 620 g/mol. The number of H-pyrrole nitrogens is 5. The molecule has 7 heteroatoms. The molecule has 0 unspecified atom stereocenters. The second-order valence-electron chi connectivity index (χ2n) is 12.3. The van der Waals surface area contributed by atoms with Gasteiger partial charge >= 0.3 is 0 Å². The molecule has 6 heterocycles. The van der Waals surface area contributed by atoms with Gasteiger partial charge in [0.15, 0.2) is 0 Å². The van der Waals surface area contributed by atoms with Crippen LogP contribution in [0, 0.1) is 0 Å². The van der Waals surface area contributed by atoms with Crippen LogP contribution in [0.5, 0.6) is 5.75 Å². The molecule has 0 amide bonds. The van der Waals surface area contributed by atoms with Crippen LogP contribution in [-0.4, -0.2) is 35.7 Å². The van der Waals surface area contributed by atoms with Gasteiger partial charge in [-0.25, -0.2) is 4.99 Å². The Kier molecular flexibility index (Phi) is 5.59. The number of fused-ring (bicyclic) bond motifs is 4. The van der Waals surface area contributed by atoms with Gasteiger partial charge in [0, 0.05) is 113 Å². The normalized spacial score (nSPS) is 14.2. The number of hydrogen-bond acceptors (Lipinski definition) is 2. The summed E-state index contributed by atoms with van der Waals surface area (Å²) >= 11 is 0. The number of benzene rings is 4. The summed E-state index contributed by atoms with van der Waals surface area (Å²) in [5.74, 6) is 0.220. The fourth-order valence-electron chi connectivity index (χ4n) is 7.19. The quantitative estimate of drug-likeness (QED) is 0.113. The van der Waals surface area contributed by atoms with Crippen molar-refractivity contribution in [3.63, 3.8) is 0 Å². The van der Waals surface area contributed by atoms with E-state index in [0.29, 0.717) is 0 Å². The predicted molar refractivity (Wildman–Crippen MR) is 196 cm³/mol. The number of allylic oxidation sites excluding steroid dienone is 2. The Morgan fingerprint density at radius 1 is 0.521 bits per heavy atom. The zero-order valence-corrected chi connectivity index (χ0v) is 25.6. The van der Waals surface area contributed by atoms with Crippen LogP contribution in [0.2, 0.25) is 0 Å². The van der Waals surface area contributed by atoms with Gasteiger partial charge < -0.3 is 30.0 Å². The smallest absolute Gasteiger partial charge is 0.116 e. The van der Waals surface area contributed by atoms with Crippen LogP contribution in [0.4, 0.5) is 0 Å². The molecular formula is C41H28N6O. The number of nitrogens with zero attached hydrogens (tertiary/aromatic N) is 1. The van der Waals surface area contributed by atoms with Crippen molar-refractivity contribution in [2.24, 2.45) is 4.99 Å². The van der Waals surface area contributed by atoms with Crippen LogP contribution in [-0.2, 0) is 0 Å². The van der Waals surface area contributed by atoms with E-state index in [-0.39, 0.29) is 5.75 Å². The van der Waals surface area contributed by atoms with E-state index in [1.807, 2.05) is 24.4 Å². The number of rotatable bonds is 5. The standard InChI is InChI=1S/C41H28N6O/c48-23-13-14-37-27(15-23)33(22-45-37)39-17-29(31-20-43-35-11-5-2-8-25(31)35)41(47-39)18-40-28(30-19-42-34-10-4-1-7-24(30)34)16-38(46-40)32-21-44-36-12-6-3-9-26(32)36/h1-22,42-46,48H/b41-18-. The fraction of sp³-hybridized carbons (Fsp3) is 0. The number of hydrogen-bond donors (Lipinski definition) is 6. The molecule has 228 valence electrons. The van der Waals surface area contributed by atoms with Gasteiger partial charge in [-0.3, -0.25) is 0 Å². The summed E-state index contributed by atoms with van der Waals surface area (Å²) in [7, 11) is 0. The number of aliphatic imine (C=N–C) groups is 1. The summed E-state index contributed by atoms with van der Waals surface area (Å²) in [5, 5.41) is 14.7. The highest BCUT2D eigenvalue weighted by Gasteiger charge is 2.24. The van der Waals surface area contributed by atoms with Crippen molar-refractivity contribution in [1.82, 2.24) is 24.9 Å². The molecule has 1 aliphatic heterocycles. The molecule has 9 aromatic rings. The number of nitrogens with one attached hydrogen (secondary N) is 5. The van der Waals surface area contributed by atoms with Crippen molar-refractivity contribution >= 4 is 61.0 Å². The average Bonchev–Trinajstić information content (AvgIpc) is 3.96. The van der Waals surface area contributed by atoms with Gasteiger partial charge in [-0.2, -0.15) is 0 Å². The Bertz CT molecular complexity index is 2810. The average molecular weight is 621 g/mol. The lowest BCUT2D eigenvalue weighted by molar-refractivity contribution is 0.476. The van der Waals surface area contributed by atoms with Gasteiger partial charge in [0.2, 0.25) is 0 Å². The van der Waals surface area contributed by atoms with Crippen molar-refractivity contribution in [2.45, 2.75) is 0 Å². The highest BCUT2D eigenvalue weighted by molar-refractivity contribution is 6.24. The third-order valence-corrected chi connectivity index (χ3v) is 9.51. The number of aromatic amines is 5. The first-order valence-electron chi connectivity index (χ1n) is 15.9. The molecule has 0 aliphatic carbocycles. The number of aromatic nitrogens is 5. The van der Waals surface area contributed by atoms with Crippen LogP contribution in [0.25, 0.3) is 77.6 Å². The second kappa shape index (κ2) is 10.1.